The summed E-state index contributed by atoms with van der Waals surface area (Å²) in [4.78, 5) is 5.74. The Kier molecular flexibility index (Phi) is 5.04. The molecule has 0 aliphatic carbocycles. The van der Waals surface area contributed by atoms with Crippen LogP contribution >= 0.6 is 11.8 Å². The van der Waals surface area contributed by atoms with Crippen LogP contribution in [0.1, 0.15) is 29.9 Å². The first kappa shape index (κ1) is 14.9. The lowest BCUT2D eigenvalue weighted by Gasteiger charge is -2.09. The van der Waals surface area contributed by atoms with Crippen molar-refractivity contribution in [2.24, 2.45) is 5.73 Å². The molecule has 1 aromatic heterocycles. The number of ether oxygens (including phenoxy) is 1. The lowest BCUT2D eigenvalue weighted by atomic mass is 10.1. The molecule has 2 N–H and O–H groups in total. The first-order valence-corrected chi connectivity index (χ1v) is 7.57. The molecule has 0 radical (unpaired) electrons. The van der Waals surface area contributed by atoms with Crippen LogP contribution in [0.25, 0.3) is 0 Å². The van der Waals surface area contributed by atoms with Crippen LogP contribution in [0.4, 0.5) is 0 Å². The third kappa shape index (κ3) is 3.99. The Morgan fingerprint density at radius 1 is 1.30 bits per heavy atom. The van der Waals surface area contributed by atoms with Gasteiger partial charge < -0.3 is 10.5 Å². The molecule has 0 saturated heterocycles. The summed E-state index contributed by atoms with van der Waals surface area (Å²) in [5.41, 5.74) is 9.07. The van der Waals surface area contributed by atoms with Crippen molar-refractivity contribution in [3.63, 3.8) is 0 Å². The van der Waals surface area contributed by atoms with Crippen LogP contribution in [0, 0.1) is 6.92 Å². The number of aryl methyl sites for hydroxylation is 1. The summed E-state index contributed by atoms with van der Waals surface area (Å²) in [5.74, 6) is 1.68. The summed E-state index contributed by atoms with van der Waals surface area (Å²) in [6, 6.07) is 12.3. The van der Waals surface area contributed by atoms with E-state index in [0.29, 0.717) is 0 Å². The standard InChI is InChI=1S/C16H20N2OS/c1-11-7-15(19-3)9-14(18-11)10-20-16-6-4-5-13(8-16)12(2)17/h4-9,12H,10,17H2,1-3H3. The summed E-state index contributed by atoms with van der Waals surface area (Å²) in [5, 5.41) is 0. The molecular formula is C16H20N2OS. The minimum atomic E-state index is 0.0627. The quantitative estimate of drug-likeness (QED) is 0.852. The highest BCUT2D eigenvalue weighted by atomic mass is 32.2. The first-order valence-electron chi connectivity index (χ1n) is 6.58. The van der Waals surface area contributed by atoms with Crippen molar-refractivity contribution in [2.75, 3.05) is 7.11 Å². The molecule has 106 valence electrons. The predicted molar refractivity (Wildman–Crippen MR) is 84.1 cm³/mol. The van der Waals surface area contributed by atoms with Crippen LogP contribution in [0.3, 0.4) is 0 Å². The van der Waals surface area contributed by atoms with Crippen LogP contribution in [-0.2, 0) is 5.75 Å². The molecule has 0 aliphatic rings. The molecule has 1 atom stereocenters. The van der Waals surface area contributed by atoms with Crippen LogP contribution in [-0.4, -0.2) is 12.1 Å². The molecule has 0 aliphatic heterocycles. The van der Waals surface area contributed by atoms with Crippen molar-refractivity contribution in [1.29, 1.82) is 0 Å². The van der Waals surface area contributed by atoms with E-state index in [4.69, 9.17) is 10.5 Å². The number of nitrogens with two attached hydrogens (primary N) is 1. The van der Waals surface area contributed by atoms with Gasteiger partial charge in [-0.2, -0.15) is 0 Å². The number of hydrogen-bond acceptors (Lipinski definition) is 4. The number of nitrogens with zero attached hydrogens (tertiary/aromatic N) is 1. The molecule has 0 spiro atoms. The highest BCUT2D eigenvalue weighted by molar-refractivity contribution is 7.98. The van der Waals surface area contributed by atoms with Gasteiger partial charge in [0.1, 0.15) is 5.75 Å². The van der Waals surface area contributed by atoms with Crippen molar-refractivity contribution < 1.29 is 4.74 Å². The molecule has 2 aromatic rings. The smallest absolute Gasteiger partial charge is 0.122 e. The minimum Gasteiger partial charge on any atom is -0.497 e. The molecule has 1 unspecified atom stereocenters. The highest BCUT2D eigenvalue weighted by Gasteiger charge is 2.04. The van der Waals surface area contributed by atoms with E-state index < -0.39 is 0 Å². The van der Waals surface area contributed by atoms with E-state index in [0.717, 1.165) is 28.5 Å². The third-order valence-corrected chi connectivity index (χ3v) is 4.01. The summed E-state index contributed by atoms with van der Waals surface area (Å²) < 4.78 is 5.27. The number of thioether (sulfide) groups is 1. The van der Waals surface area contributed by atoms with Gasteiger partial charge in [0.25, 0.3) is 0 Å². The van der Waals surface area contributed by atoms with Crippen molar-refractivity contribution >= 4 is 11.8 Å². The predicted octanol–water partition coefficient (Wildman–Crippen LogP) is 3.71. The molecule has 20 heavy (non-hydrogen) atoms. The lowest BCUT2D eigenvalue weighted by Crippen LogP contribution is -2.04. The van der Waals surface area contributed by atoms with Crippen LogP contribution < -0.4 is 10.5 Å². The fraction of sp³-hybridized carbons (Fsp3) is 0.312. The maximum absolute atomic E-state index is 5.91. The van der Waals surface area contributed by atoms with E-state index in [1.807, 2.05) is 32.0 Å². The SMILES string of the molecule is COc1cc(C)nc(CSc2cccc(C(C)N)c2)c1. The molecule has 4 heteroatoms. The number of methoxy groups -OCH3 is 1. The van der Waals surface area contributed by atoms with Gasteiger partial charge in [-0.3, -0.25) is 4.98 Å². The van der Waals surface area contributed by atoms with Crippen molar-refractivity contribution in [3.05, 3.63) is 53.3 Å². The van der Waals surface area contributed by atoms with Gasteiger partial charge in [-0.05, 0) is 31.5 Å². The van der Waals surface area contributed by atoms with Gasteiger partial charge in [0.05, 0.1) is 12.8 Å². The average Bonchev–Trinajstić information content (AvgIpc) is 2.44. The van der Waals surface area contributed by atoms with Gasteiger partial charge in [-0.1, -0.05) is 12.1 Å². The fourth-order valence-corrected chi connectivity index (χ4v) is 2.80. The Hall–Kier alpha value is -1.52. The van der Waals surface area contributed by atoms with Gasteiger partial charge in [0.2, 0.25) is 0 Å². The number of benzene rings is 1. The van der Waals surface area contributed by atoms with Crippen molar-refractivity contribution in [2.45, 2.75) is 30.5 Å². The second-order valence-electron chi connectivity index (χ2n) is 4.79. The molecule has 2 rings (SSSR count). The van der Waals surface area contributed by atoms with E-state index in [2.05, 4.69) is 23.2 Å². The zero-order valence-corrected chi connectivity index (χ0v) is 12.9. The number of hydrogen-bond donors (Lipinski definition) is 1. The second-order valence-corrected chi connectivity index (χ2v) is 5.84. The topological polar surface area (TPSA) is 48.1 Å². The third-order valence-electron chi connectivity index (χ3n) is 2.99. The molecule has 0 amide bonds. The Balaban J connectivity index is 2.08. The Labute approximate surface area is 124 Å². The Morgan fingerprint density at radius 2 is 2.10 bits per heavy atom. The summed E-state index contributed by atoms with van der Waals surface area (Å²) in [7, 11) is 1.68. The van der Waals surface area contributed by atoms with E-state index in [9.17, 15) is 0 Å². The fourth-order valence-electron chi connectivity index (χ4n) is 1.94. The van der Waals surface area contributed by atoms with Gasteiger partial charge in [0.15, 0.2) is 0 Å². The maximum atomic E-state index is 5.91. The van der Waals surface area contributed by atoms with Gasteiger partial charge >= 0.3 is 0 Å². The van der Waals surface area contributed by atoms with Gasteiger partial charge in [-0.25, -0.2) is 0 Å². The first-order chi connectivity index (χ1) is 9.58. The van der Waals surface area contributed by atoms with Crippen molar-refractivity contribution in [1.82, 2.24) is 4.98 Å². The number of aromatic nitrogens is 1. The van der Waals surface area contributed by atoms with E-state index >= 15 is 0 Å². The second kappa shape index (κ2) is 6.77. The van der Waals surface area contributed by atoms with E-state index in [1.165, 1.54) is 4.90 Å². The van der Waals surface area contributed by atoms with Gasteiger partial charge in [0, 0.05) is 34.5 Å². The number of pyridine rings is 1. The Morgan fingerprint density at radius 3 is 2.80 bits per heavy atom. The Bertz CT molecular complexity index is 584. The van der Waals surface area contributed by atoms with Crippen LogP contribution in [0.15, 0.2) is 41.3 Å². The summed E-state index contributed by atoms with van der Waals surface area (Å²) >= 11 is 1.76. The molecule has 1 heterocycles. The molecule has 0 bridgehead atoms. The maximum Gasteiger partial charge on any atom is 0.122 e. The van der Waals surface area contributed by atoms with Crippen LogP contribution in [0.2, 0.25) is 0 Å². The highest BCUT2D eigenvalue weighted by Crippen LogP contribution is 2.26. The van der Waals surface area contributed by atoms with Crippen LogP contribution in [0.5, 0.6) is 5.75 Å². The van der Waals surface area contributed by atoms with E-state index in [-0.39, 0.29) is 6.04 Å². The molecular weight excluding hydrogens is 268 g/mol. The summed E-state index contributed by atoms with van der Waals surface area (Å²) in [6.45, 7) is 3.98. The minimum absolute atomic E-state index is 0.0627. The average molecular weight is 288 g/mol. The van der Waals surface area contributed by atoms with Gasteiger partial charge in [-0.15, -0.1) is 11.8 Å². The molecule has 0 saturated carbocycles. The van der Waals surface area contributed by atoms with E-state index in [1.54, 1.807) is 18.9 Å². The molecule has 3 nitrogen and oxygen atoms in total. The lowest BCUT2D eigenvalue weighted by molar-refractivity contribution is 0.413. The molecule has 1 aromatic carbocycles. The summed E-state index contributed by atoms with van der Waals surface area (Å²) in [6.07, 6.45) is 0. The van der Waals surface area contributed by atoms with Crippen molar-refractivity contribution in [3.8, 4) is 5.75 Å². The zero-order chi connectivity index (χ0) is 14.5. The normalized spacial score (nSPS) is 12.2. The number of rotatable bonds is 5. The molecule has 0 fully saturated rings. The zero-order valence-electron chi connectivity index (χ0n) is 12.1. The monoisotopic (exact) mass is 288 g/mol. The largest absolute Gasteiger partial charge is 0.497 e.